The second-order valence-corrected chi connectivity index (χ2v) is 8.37. The second kappa shape index (κ2) is 9.09. The van der Waals surface area contributed by atoms with Crippen molar-refractivity contribution in [2.75, 3.05) is 24.3 Å². The number of aryl methyl sites for hydroxylation is 1. The fourth-order valence-electron chi connectivity index (χ4n) is 4.99. The summed E-state index contributed by atoms with van der Waals surface area (Å²) in [5, 5.41) is 7.18. The second-order valence-electron chi connectivity index (χ2n) is 8.37. The smallest absolute Gasteiger partial charge is 0.152 e. The zero-order chi connectivity index (χ0) is 20.2. The Kier molecular flexibility index (Phi) is 6.31. The molecule has 3 atom stereocenters. The molecule has 3 unspecified atom stereocenters. The van der Waals surface area contributed by atoms with E-state index in [0.717, 1.165) is 30.2 Å². The van der Waals surface area contributed by atoms with Gasteiger partial charge in [0, 0.05) is 25.7 Å². The van der Waals surface area contributed by atoms with E-state index in [1.807, 2.05) is 6.20 Å². The summed E-state index contributed by atoms with van der Waals surface area (Å²) < 4.78 is 0. The molecule has 1 aromatic heterocycles. The Morgan fingerprint density at radius 3 is 2.79 bits per heavy atom. The number of rotatable bonds is 6. The van der Waals surface area contributed by atoms with E-state index in [-0.39, 0.29) is 6.04 Å². The molecule has 29 heavy (non-hydrogen) atoms. The third kappa shape index (κ3) is 4.23. The van der Waals surface area contributed by atoms with Crippen molar-refractivity contribution in [3.05, 3.63) is 47.3 Å². The number of nitrogens with zero attached hydrogens (tertiary/aromatic N) is 3. The number of anilines is 2. The van der Waals surface area contributed by atoms with Crippen molar-refractivity contribution >= 4 is 11.6 Å². The molecule has 2 aliphatic carbocycles. The lowest BCUT2D eigenvalue weighted by Gasteiger charge is -2.38. The first-order valence-corrected chi connectivity index (χ1v) is 11.0. The molecule has 2 aliphatic rings. The van der Waals surface area contributed by atoms with Gasteiger partial charge in [0.15, 0.2) is 5.82 Å². The summed E-state index contributed by atoms with van der Waals surface area (Å²) >= 11 is 0. The highest BCUT2D eigenvalue weighted by Gasteiger charge is 2.29. The van der Waals surface area contributed by atoms with Crippen LogP contribution in [0.1, 0.15) is 61.4 Å². The number of fused-ring (bicyclic) bond motifs is 1. The van der Waals surface area contributed by atoms with Crippen molar-refractivity contribution in [3.8, 4) is 0 Å². The minimum absolute atomic E-state index is 0.264. The Morgan fingerprint density at radius 2 is 1.97 bits per heavy atom. The molecule has 1 aromatic carbocycles. The molecule has 2 aromatic rings. The monoisotopic (exact) mass is 394 g/mol. The molecule has 0 radical (unpaired) electrons. The van der Waals surface area contributed by atoms with Crippen LogP contribution < -0.4 is 21.3 Å². The number of hydrogen-bond donors (Lipinski definition) is 3. The molecule has 0 bridgehead atoms. The number of hydrogen-bond acceptors (Lipinski definition) is 6. The molecule has 1 fully saturated rings. The van der Waals surface area contributed by atoms with Crippen molar-refractivity contribution < 1.29 is 0 Å². The van der Waals surface area contributed by atoms with E-state index in [9.17, 15) is 0 Å². The normalized spacial score (nSPS) is 24.0. The quantitative estimate of drug-likeness (QED) is 0.697. The first-order valence-electron chi connectivity index (χ1n) is 11.0. The number of nitrogens with one attached hydrogen (secondary N) is 2. The van der Waals surface area contributed by atoms with Crippen molar-refractivity contribution in [2.24, 2.45) is 5.73 Å². The Bertz CT molecular complexity index is 823. The zero-order valence-corrected chi connectivity index (χ0v) is 17.7. The van der Waals surface area contributed by atoms with Gasteiger partial charge in [-0.2, -0.15) is 0 Å². The molecule has 4 N–H and O–H groups in total. The van der Waals surface area contributed by atoms with E-state index in [2.05, 4.69) is 58.9 Å². The van der Waals surface area contributed by atoms with Gasteiger partial charge in [0.25, 0.3) is 0 Å². The third-order valence-electron chi connectivity index (χ3n) is 6.67. The lowest BCUT2D eigenvalue weighted by Crippen LogP contribution is -2.49. The van der Waals surface area contributed by atoms with E-state index in [0.29, 0.717) is 18.6 Å². The summed E-state index contributed by atoms with van der Waals surface area (Å²) in [6.45, 7) is 0.385. The third-order valence-corrected chi connectivity index (χ3v) is 6.67. The summed E-state index contributed by atoms with van der Waals surface area (Å²) in [6.07, 6.45) is 10.3. The van der Waals surface area contributed by atoms with Gasteiger partial charge >= 0.3 is 0 Å². The molecule has 0 amide bonds. The topological polar surface area (TPSA) is 79.1 Å². The maximum Gasteiger partial charge on any atom is 0.152 e. The van der Waals surface area contributed by atoms with Gasteiger partial charge in [0.1, 0.15) is 5.82 Å². The predicted molar refractivity (Wildman–Crippen MR) is 119 cm³/mol. The van der Waals surface area contributed by atoms with Gasteiger partial charge in [-0.1, -0.05) is 37.1 Å². The first-order chi connectivity index (χ1) is 14.2. The minimum Gasteiger partial charge on any atom is -0.362 e. The van der Waals surface area contributed by atoms with Gasteiger partial charge in [0.05, 0.1) is 17.9 Å². The zero-order valence-electron chi connectivity index (χ0n) is 17.7. The summed E-state index contributed by atoms with van der Waals surface area (Å²) in [4.78, 5) is 12.0. The Hall–Kier alpha value is -2.18. The van der Waals surface area contributed by atoms with Gasteiger partial charge < -0.3 is 21.3 Å². The van der Waals surface area contributed by atoms with Gasteiger partial charge in [-0.05, 0) is 50.3 Å². The lowest BCUT2D eigenvalue weighted by atomic mass is 9.88. The van der Waals surface area contributed by atoms with Crippen LogP contribution in [0, 0.1) is 0 Å². The maximum absolute atomic E-state index is 6.00. The van der Waals surface area contributed by atoms with Crippen LogP contribution in [-0.2, 0) is 13.0 Å². The van der Waals surface area contributed by atoms with E-state index >= 15 is 0 Å². The molecule has 156 valence electrons. The van der Waals surface area contributed by atoms with E-state index in [1.54, 1.807) is 0 Å². The van der Waals surface area contributed by atoms with Crippen LogP contribution in [-0.4, -0.2) is 36.1 Å². The van der Waals surface area contributed by atoms with Crippen LogP contribution in [0.3, 0.4) is 0 Å². The predicted octanol–water partition coefficient (Wildman–Crippen LogP) is 3.39. The van der Waals surface area contributed by atoms with Crippen LogP contribution in [0.25, 0.3) is 0 Å². The average molecular weight is 395 g/mol. The fraction of sp³-hybridized carbons (Fsp3) is 0.565. The summed E-state index contributed by atoms with van der Waals surface area (Å²) in [5.41, 5.74) is 9.64. The number of benzene rings is 1. The molecule has 1 heterocycles. The van der Waals surface area contributed by atoms with Crippen LogP contribution in [0.4, 0.5) is 11.6 Å². The van der Waals surface area contributed by atoms with Gasteiger partial charge in [-0.3, -0.25) is 4.98 Å². The Morgan fingerprint density at radius 1 is 1.14 bits per heavy atom. The van der Waals surface area contributed by atoms with Gasteiger partial charge in [-0.25, -0.2) is 4.98 Å². The van der Waals surface area contributed by atoms with E-state index < -0.39 is 0 Å². The standard InChI is InChI=1S/C23H34N6/c1-25-19-11-5-6-13-21(19)29(2)22-15-26-20(14-24)23(28-22)27-18-12-7-9-16-8-3-4-10-17(16)18/h3-4,8,10,15,18-19,21,25H,5-7,9,11-14,24H2,1-2H3,(H,27,28). The molecule has 0 saturated heterocycles. The number of likely N-dealkylation sites (N-methyl/N-ethyl adjacent to an activating group) is 2. The largest absolute Gasteiger partial charge is 0.362 e. The van der Waals surface area contributed by atoms with Gasteiger partial charge in [0.2, 0.25) is 0 Å². The van der Waals surface area contributed by atoms with Crippen LogP contribution in [0.2, 0.25) is 0 Å². The molecule has 4 rings (SSSR count). The first kappa shape index (κ1) is 20.1. The molecular weight excluding hydrogens is 360 g/mol. The molecule has 0 spiro atoms. The summed E-state index contributed by atoms with van der Waals surface area (Å²) in [7, 11) is 4.21. The van der Waals surface area contributed by atoms with Crippen molar-refractivity contribution in [1.82, 2.24) is 15.3 Å². The Balaban J connectivity index is 1.59. The Labute approximate surface area is 174 Å². The summed E-state index contributed by atoms with van der Waals surface area (Å²) in [5.74, 6) is 1.75. The lowest BCUT2D eigenvalue weighted by molar-refractivity contribution is 0.334. The SMILES string of the molecule is CNC1CCCCC1N(C)c1cnc(CN)c(NC2CCCc3ccccc32)n1. The fourth-order valence-corrected chi connectivity index (χ4v) is 4.99. The summed E-state index contributed by atoms with van der Waals surface area (Å²) in [6, 6.07) is 9.92. The average Bonchev–Trinajstić information content (AvgIpc) is 2.78. The molecule has 6 heteroatoms. The van der Waals surface area contributed by atoms with Crippen molar-refractivity contribution in [2.45, 2.75) is 69.6 Å². The molecule has 6 nitrogen and oxygen atoms in total. The maximum atomic E-state index is 6.00. The van der Waals surface area contributed by atoms with E-state index in [1.165, 1.54) is 43.2 Å². The molecular formula is C23H34N6. The van der Waals surface area contributed by atoms with Crippen molar-refractivity contribution in [3.63, 3.8) is 0 Å². The molecule has 1 saturated carbocycles. The number of aromatic nitrogens is 2. The van der Waals surface area contributed by atoms with Crippen molar-refractivity contribution in [1.29, 1.82) is 0 Å². The van der Waals surface area contributed by atoms with E-state index in [4.69, 9.17) is 10.7 Å². The number of nitrogens with two attached hydrogens (primary N) is 1. The van der Waals surface area contributed by atoms with Crippen LogP contribution >= 0.6 is 0 Å². The van der Waals surface area contributed by atoms with Crippen LogP contribution in [0.5, 0.6) is 0 Å². The van der Waals surface area contributed by atoms with Crippen LogP contribution in [0.15, 0.2) is 30.5 Å². The highest BCUT2D eigenvalue weighted by molar-refractivity contribution is 5.51. The minimum atomic E-state index is 0.264. The highest BCUT2D eigenvalue weighted by Crippen LogP contribution is 2.33. The highest BCUT2D eigenvalue weighted by atomic mass is 15.2. The molecule has 0 aliphatic heterocycles. The van der Waals surface area contributed by atoms with Gasteiger partial charge in [-0.15, -0.1) is 0 Å².